The second-order valence-corrected chi connectivity index (χ2v) is 4.79. The van der Waals surface area contributed by atoms with Gasteiger partial charge in [-0.25, -0.2) is 0 Å². The highest BCUT2D eigenvalue weighted by Crippen LogP contribution is 2.26. The summed E-state index contributed by atoms with van der Waals surface area (Å²) >= 11 is 12.0. The van der Waals surface area contributed by atoms with Gasteiger partial charge in [0.2, 0.25) is 5.82 Å². The Balaban J connectivity index is 2.19. The van der Waals surface area contributed by atoms with E-state index in [1.54, 1.807) is 18.2 Å². The predicted molar refractivity (Wildman–Crippen MR) is 76.8 cm³/mol. The molecule has 20 heavy (non-hydrogen) atoms. The summed E-state index contributed by atoms with van der Waals surface area (Å²) in [5.74, 6) is -0.878. The van der Waals surface area contributed by atoms with Gasteiger partial charge in [-0.15, -0.1) is 0 Å². The van der Waals surface area contributed by atoms with Crippen LogP contribution in [-0.4, -0.2) is 4.92 Å². The normalized spacial score (nSPS) is 10.3. The maximum Gasteiger partial charge on any atom is 0.306 e. The summed E-state index contributed by atoms with van der Waals surface area (Å²) in [5.41, 5.74) is 0.497. The summed E-state index contributed by atoms with van der Waals surface area (Å²) in [6.07, 6.45) is 0. The third-order valence-electron chi connectivity index (χ3n) is 2.67. The van der Waals surface area contributed by atoms with Gasteiger partial charge in [-0.1, -0.05) is 29.3 Å². The fourth-order valence-electron chi connectivity index (χ4n) is 1.65. The van der Waals surface area contributed by atoms with Crippen molar-refractivity contribution in [2.45, 2.75) is 6.54 Å². The van der Waals surface area contributed by atoms with Gasteiger partial charge in [0.25, 0.3) is 0 Å². The van der Waals surface area contributed by atoms with Crippen molar-refractivity contribution < 1.29 is 9.31 Å². The molecule has 104 valence electrons. The van der Waals surface area contributed by atoms with Crippen LogP contribution in [0.3, 0.4) is 0 Å². The monoisotopic (exact) mass is 314 g/mol. The number of benzene rings is 2. The molecule has 0 saturated heterocycles. The smallest absolute Gasteiger partial charge is 0.306 e. The van der Waals surface area contributed by atoms with Gasteiger partial charge >= 0.3 is 5.69 Å². The molecule has 0 fully saturated rings. The highest BCUT2D eigenvalue weighted by molar-refractivity contribution is 6.36. The Labute approximate surface area is 124 Å². The Morgan fingerprint density at radius 2 is 1.85 bits per heavy atom. The van der Waals surface area contributed by atoms with Gasteiger partial charge in [0.1, 0.15) is 0 Å². The minimum Gasteiger partial charge on any atom is -0.381 e. The van der Waals surface area contributed by atoms with Crippen LogP contribution in [0.1, 0.15) is 5.56 Å². The molecule has 7 heteroatoms. The van der Waals surface area contributed by atoms with E-state index in [1.807, 2.05) is 0 Å². The number of hydrogen-bond donors (Lipinski definition) is 1. The second-order valence-electron chi connectivity index (χ2n) is 3.98. The van der Waals surface area contributed by atoms with Crippen LogP contribution in [0, 0.1) is 15.9 Å². The third kappa shape index (κ3) is 3.18. The maximum absolute atomic E-state index is 13.2. The van der Waals surface area contributed by atoms with Gasteiger partial charge in [0.05, 0.1) is 4.92 Å². The zero-order valence-electron chi connectivity index (χ0n) is 10.1. The number of rotatable bonds is 4. The van der Waals surface area contributed by atoms with Crippen LogP contribution in [0.2, 0.25) is 10.0 Å². The van der Waals surface area contributed by atoms with Crippen molar-refractivity contribution >= 4 is 34.6 Å². The van der Waals surface area contributed by atoms with Crippen LogP contribution in [0.25, 0.3) is 0 Å². The van der Waals surface area contributed by atoms with E-state index in [4.69, 9.17) is 23.2 Å². The number of halogens is 3. The second kappa shape index (κ2) is 6.07. The van der Waals surface area contributed by atoms with Gasteiger partial charge in [0.15, 0.2) is 0 Å². The molecule has 0 aliphatic carbocycles. The van der Waals surface area contributed by atoms with Crippen molar-refractivity contribution in [1.82, 2.24) is 0 Å². The molecule has 0 spiro atoms. The number of nitrogens with zero attached hydrogens (tertiary/aromatic N) is 1. The SMILES string of the molecule is O=[N+]([O-])c1cc(NCc2c(Cl)cccc2Cl)ccc1F. The van der Waals surface area contributed by atoms with Crippen LogP contribution in [0.5, 0.6) is 0 Å². The first-order chi connectivity index (χ1) is 9.49. The molecule has 0 saturated carbocycles. The van der Waals surface area contributed by atoms with Gasteiger partial charge < -0.3 is 5.32 Å². The average molecular weight is 315 g/mol. The standard InChI is InChI=1S/C13H9Cl2FN2O2/c14-10-2-1-3-11(15)9(10)7-17-8-4-5-12(16)13(6-8)18(19)20/h1-6,17H,7H2. The van der Waals surface area contributed by atoms with E-state index >= 15 is 0 Å². The molecule has 0 aromatic heterocycles. The third-order valence-corrected chi connectivity index (χ3v) is 3.38. The Morgan fingerprint density at radius 3 is 2.45 bits per heavy atom. The molecule has 0 aliphatic heterocycles. The van der Waals surface area contributed by atoms with Crippen molar-refractivity contribution in [3.63, 3.8) is 0 Å². The highest BCUT2D eigenvalue weighted by atomic mass is 35.5. The molecular formula is C13H9Cl2FN2O2. The number of nitro groups is 1. The minimum absolute atomic E-state index is 0.279. The molecular weight excluding hydrogens is 306 g/mol. The lowest BCUT2D eigenvalue weighted by Gasteiger charge is -2.09. The molecule has 1 N–H and O–H groups in total. The van der Waals surface area contributed by atoms with Crippen LogP contribution < -0.4 is 5.32 Å². The van der Waals surface area contributed by atoms with Crippen LogP contribution >= 0.6 is 23.2 Å². The molecule has 0 heterocycles. The minimum atomic E-state index is -0.878. The van der Waals surface area contributed by atoms with Crippen molar-refractivity contribution in [3.05, 3.63) is 67.9 Å². The molecule has 0 bridgehead atoms. The number of hydrogen-bond acceptors (Lipinski definition) is 3. The zero-order chi connectivity index (χ0) is 14.7. The van der Waals surface area contributed by atoms with Crippen molar-refractivity contribution in [1.29, 1.82) is 0 Å². The fraction of sp³-hybridized carbons (Fsp3) is 0.0769. The highest BCUT2D eigenvalue weighted by Gasteiger charge is 2.14. The number of nitrogens with one attached hydrogen (secondary N) is 1. The van der Waals surface area contributed by atoms with Crippen LogP contribution in [0.4, 0.5) is 15.8 Å². The van der Waals surface area contributed by atoms with Crippen molar-refractivity contribution in [3.8, 4) is 0 Å². The molecule has 0 amide bonds. The summed E-state index contributed by atoms with van der Waals surface area (Å²) in [6, 6.07) is 8.67. The van der Waals surface area contributed by atoms with E-state index in [1.165, 1.54) is 6.07 Å². The summed E-state index contributed by atoms with van der Waals surface area (Å²) in [5, 5.41) is 14.6. The lowest BCUT2D eigenvalue weighted by molar-refractivity contribution is -0.387. The topological polar surface area (TPSA) is 55.2 Å². The molecule has 2 aromatic rings. The number of nitro benzene ring substituents is 1. The van der Waals surface area contributed by atoms with Crippen LogP contribution in [-0.2, 0) is 6.54 Å². The van der Waals surface area contributed by atoms with E-state index in [0.717, 1.165) is 12.1 Å². The summed E-state index contributed by atoms with van der Waals surface area (Å²) < 4.78 is 13.2. The number of anilines is 1. The van der Waals surface area contributed by atoms with E-state index in [0.29, 0.717) is 21.3 Å². The first kappa shape index (κ1) is 14.6. The summed E-state index contributed by atoms with van der Waals surface area (Å²) in [4.78, 5) is 9.88. The van der Waals surface area contributed by atoms with E-state index in [9.17, 15) is 14.5 Å². The van der Waals surface area contributed by atoms with E-state index < -0.39 is 16.4 Å². The van der Waals surface area contributed by atoms with Gasteiger partial charge in [-0.3, -0.25) is 10.1 Å². The molecule has 0 atom stereocenters. The van der Waals surface area contributed by atoms with Gasteiger partial charge in [-0.2, -0.15) is 4.39 Å². The first-order valence-electron chi connectivity index (χ1n) is 5.59. The van der Waals surface area contributed by atoms with Crippen molar-refractivity contribution in [2.24, 2.45) is 0 Å². The van der Waals surface area contributed by atoms with E-state index in [2.05, 4.69) is 5.32 Å². The summed E-state index contributed by atoms with van der Waals surface area (Å²) in [7, 11) is 0. The molecule has 0 radical (unpaired) electrons. The molecule has 2 aromatic carbocycles. The summed E-state index contributed by atoms with van der Waals surface area (Å²) in [6.45, 7) is 0.279. The fourth-order valence-corrected chi connectivity index (χ4v) is 2.19. The van der Waals surface area contributed by atoms with Gasteiger partial charge in [-0.05, 0) is 24.3 Å². The quantitative estimate of drug-likeness (QED) is 0.660. The molecule has 4 nitrogen and oxygen atoms in total. The molecule has 0 unspecified atom stereocenters. The first-order valence-corrected chi connectivity index (χ1v) is 6.35. The van der Waals surface area contributed by atoms with Crippen LogP contribution in [0.15, 0.2) is 36.4 Å². The Kier molecular flexibility index (Phi) is 4.42. The van der Waals surface area contributed by atoms with E-state index in [-0.39, 0.29) is 6.54 Å². The lowest BCUT2D eigenvalue weighted by atomic mass is 10.2. The molecule has 2 rings (SSSR count). The Hall–Kier alpha value is -1.85. The lowest BCUT2D eigenvalue weighted by Crippen LogP contribution is -2.02. The largest absolute Gasteiger partial charge is 0.381 e. The van der Waals surface area contributed by atoms with Gasteiger partial charge in [0, 0.05) is 33.9 Å². The Morgan fingerprint density at radius 1 is 1.20 bits per heavy atom. The Bertz CT molecular complexity index is 645. The predicted octanol–water partition coefficient (Wildman–Crippen LogP) is 4.65. The molecule has 0 aliphatic rings. The maximum atomic E-state index is 13.2. The zero-order valence-corrected chi connectivity index (χ0v) is 11.6. The average Bonchev–Trinajstić information content (AvgIpc) is 2.39. The van der Waals surface area contributed by atoms with Crippen molar-refractivity contribution in [2.75, 3.05) is 5.32 Å².